The molecule has 1 amide bonds. The summed E-state index contributed by atoms with van der Waals surface area (Å²) in [6, 6.07) is 3.11. The summed E-state index contributed by atoms with van der Waals surface area (Å²) >= 11 is 0. The van der Waals surface area contributed by atoms with Crippen molar-refractivity contribution in [1.29, 1.82) is 0 Å². The zero-order chi connectivity index (χ0) is 13.3. The third-order valence-electron chi connectivity index (χ3n) is 2.36. The first-order chi connectivity index (χ1) is 8.47. The average Bonchev–Trinajstić information content (AvgIpc) is 2.85. The number of hydrogen-bond donors (Lipinski definition) is 3. The van der Waals surface area contributed by atoms with Gasteiger partial charge in [0.1, 0.15) is 5.69 Å². The van der Waals surface area contributed by atoms with E-state index in [1.807, 2.05) is 0 Å². The molecule has 0 aliphatic heterocycles. The van der Waals surface area contributed by atoms with Crippen LogP contribution in [-0.4, -0.2) is 31.7 Å². The fourth-order valence-corrected chi connectivity index (χ4v) is 1.58. The van der Waals surface area contributed by atoms with Crippen LogP contribution in [0.25, 0.3) is 0 Å². The minimum atomic E-state index is -1.13. The maximum absolute atomic E-state index is 11.8. The SMILES string of the molecule is Cc1cc(NC(=O)c2ccn(C)n2)c(C(=O)O)[nH]1. The molecule has 2 aromatic rings. The summed E-state index contributed by atoms with van der Waals surface area (Å²) in [6.07, 6.45) is 1.63. The molecule has 0 aliphatic rings. The van der Waals surface area contributed by atoms with Crippen LogP contribution in [0.5, 0.6) is 0 Å². The van der Waals surface area contributed by atoms with Gasteiger partial charge in [-0.25, -0.2) is 4.79 Å². The number of rotatable bonds is 3. The largest absolute Gasteiger partial charge is 0.477 e. The minimum Gasteiger partial charge on any atom is -0.477 e. The Labute approximate surface area is 102 Å². The van der Waals surface area contributed by atoms with Crippen LogP contribution in [0.2, 0.25) is 0 Å². The van der Waals surface area contributed by atoms with Gasteiger partial charge >= 0.3 is 5.97 Å². The Balaban J connectivity index is 2.24. The molecule has 0 fully saturated rings. The van der Waals surface area contributed by atoms with Crippen molar-refractivity contribution in [2.45, 2.75) is 6.92 Å². The Kier molecular flexibility index (Phi) is 2.88. The number of nitrogens with one attached hydrogen (secondary N) is 2. The molecule has 0 bridgehead atoms. The number of amides is 1. The van der Waals surface area contributed by atoms with E-state index in [1.165, 1.54) is 4.68 Å². The van der Waals surface area contributed by atoms with Crippen molar-refractivity contribution >= 4 is 17.6 Å². The van der Waals surface area contributed by atoms with E-state index in [0.29, 0.717) is 5.69 Å². The molecule has 0 unspecified atom stereocenters. The normalized spacial score (nSPS) is 10.3. The van der Waals surface area contributed by atoms with Crippen LogP contribution in [0.4, 0.5) is 5.69 Å². The second-order valence-electron chi connectivity index (χ2n) is 3.87. The molecule has 0 aromatic carbocycles. The van der Waals surface area contributed by atoms with Gasteiger partial charge < -0.3 is 15.4 Å². The second kappa shape index (κ2) is 4.36. The van der Waals surface area contributed by atoms with Crippen LogP contribution in [0.15, 0.2) is 18.3 Å². The first kappa shape index (κ1) is 11.9. The summed E-state index contributed by atoms with van der Waals surface area (Å²) in [5.74, 6) is -1.57. The van der Waals surface area contributed by atoms with Crippen molar-refractivity contribution in [3.63, 3.8) is 0 Å². The van der Waals surface area contributed by atoms with Crippen LogP contribution in [-0.2, 0) is 7.05 Å². The second-order valence-corrected chi connectivity index (χ2v) is 3.87. The van der Waals surface area contributed by atoms with Crippen LogP contribution >= 0.6 is 0 Å². The third-order valence-corrected chi connectivity index (χ3v) is 2.36. The lowest BCUT2D eigenvalue weighted by atomic mass is 10.3. The minimum absolute atomic E-state index is 0.0446. The molecule has 2 heterocycles. The number of carboxylic acids is 1. The number of H-pyrrole nitrogens is 1. The van der Waals surface area contributed by atoms with Crippen LogP contribution in [0.1, 0.15) is 26.7 Å². The van der Waals surface area contributed by atoms with Gasteiger partial charge in [0.25, 0.3) is 5.91 Å². The molecule has 0 saturated heterocycles. The van der Waals surface area contributed by atoms with Gasteiger partial charge in [-0.05, 0) is 19.1 Å². The van der Waals surface area contributed by atoms with Gasteiger partial charge in [0.05, 0.1) is 5.69 Å². The summed E-state index contributed by atoms with van der Waals surface area (Å²) in [6.45, 7) is 1.71. The van der Waals surface area contributed by atoms with Crippen molar-refractivity contribution in [1.82, 2.24) is 14.8 Å². The summed E-state index contributed by atoms with van der Waals surface area (Å²) in [5.41, 5.74) is 1.07. The van der Waals surface area contributed by atoms with E-state index >= 15 is 0 Å². The molecular weight excluding hydrogens is 236 g/mol. The zero-order valence-corrected chi connectivity index (χ0v) is 9.89. The molecule has 0 atom stereocenters. The monoisotopic (exact) mass is 248 g/mol. The van der Waals surface area contributed by atoms with Crippen LogP contribution < -0.4 is 5.32 Å². The van der Waals surface area contributed by atoms with E-state index < -0.39 is 11.9 Å². The van der Waals surface area contributed by atoms with Crippen molar-refractivity contribution in [2.75, 3.05) is 5.32 Å². The maximum Gasteiger partial charge on any atom is 0.354 e. The number of anilines is 1. The molecule has 0 aliphatic carbocycles. The van der Waals surface area contributed by atoms with E-state index in [1.54, 1.807) is 32.3 Å². The lowest BCUT2D eigenvalue weighted by Gasteiger charge is -2.01. The molecule has 0 spiro atoms. The topological polar surface area (TPSA) is 100 Å². The summed E-state index contributed by atoms with van der Waals surface area (Å²) < 4.78 is 1.50. The molecule has 3 N–H and O–H groups in total. The molecule has 0 saturated carbocycles. The van der Waals surface area contributed by atoms with Crippen molar-refractivity contribution in [2.24, 2.45) is 7.05 Å². The molecule has 94 valence electrons. The van der Waals surface area contributed by atoms with Crippen molar-refractivity contribution < 1.29 is 14.7 Å². The Bertz CT molecular complexity index is 612. The van der Waals surface area contributed by atoms with Gasteiger partial charge in [-0.3, -0.25) is 9.48 Å². The molecule has 7 heteroatoms. The number of aromatic carboxylic acids is 1. The third kappa shape index (κ3) is 2.24. The number of nitrogens with zero attached hydrogens (tertiary/aromatic N) is 2. The first-order valence-corrected chi connectivity index (χ1v) is 5.21. The Morgan fingerprint density at radius 3 is 2.78 bits per heavy atom. The fraction of sp³-hybridized carbons (Fsp3) is 0.182. The Hall–Kier alpha value is -2.57. The van der Waals surface area contributed by atoms with Crippen molar-refractivity contribution in [3.05, 3.63) is 35.4 Å². The van der Waals surface area contributed by atoms with E-state index in [0.717, 1.165) is 0 Å². The number of aromatic nitrogens is 3. The number of aromatic amines is 1. The Morgan fingerprint density at radius 2 is 2.22 bits per heavy atom. The Morgan fingerprint density at radius 1 is 1.50 bits per heavy atom. The van der Waals surface area contributed by atoms with E-state index in [9.17, 15) is 9.59 Å². The van der Waals surface area contributed by atoms with Crippen molar-refractivity contribution in [3.8, 4) is 0 Å². The predicted molar refractivity (Wildman–Crippen MR) is 63.7 cm³/mol. The summed E-state index contributed by atoms with van der Waals surface area (Å²) in [7, 11) is 1.69. The maximum atomic E-state index is 11.8. The highest BCUT2D eigenvalue weighted by Gasteiger charge is 2.17. The molecule has 0 radical (unpaired) electrons. The number of carbonyl (C=O) groups excluding carboxylic acids is 1. The molecule has 2 aromatic heterocycles. The fourth-order valence-electron chi connectivity index (χ4n) is 1.58. The number of hydrogen-bond acceptors (Lipinski definition) is 3. The van der Waals surface area contributed by atoms with Gasteiger partial charge in [-0.15, -0.1) is 0 Å². The summed E-state index contributed by atoms with van der Waals surface area (Å²) in [4.78, 5) is 25.4. The first-order valence-electron chi connectivity index (χ1n) is 5.21. The van der Waals surface area contributed by atoms with E-state index in [-0.39, 0.29) is 17.1 Å². The zero-order valence-electron chi connectivity index (χ0n) is 9.89. The average molecular weight is 248 g/mol. The van der Waals surface area contributed by atoms with E-state index in [2.05, 4.69) is 15.4 Å². The highest BCUT2D eigenvalue weighted by Crippen LogP contribution is 2.17. The molecule has 7 nitrogen and oxygen atoms in total. The van der Waals surface area contributed by atoms with Crippen LogP contribution in [0, 0.1) is 6.92 Å². The van der Waals surface area contributed by atoms with Gasteiger partial charge in [-0.1, -0.05) is 0 Å². The highest BCUT2D eigenvalue weighted by molar-refractivity contribution is 6.06. The highest BCUT2D eigenvalue weighted by atomic mass is 16.4. The van der Waals surface area contributed by atoms with Gasteiger partial charge in [0.2, 0.25) is 0 Å². The lowest BCUT2D eigenvalue weighted by molar-refractivity contribution is 0.0692. The standard InChI is InChI=1S/C11H12N4O3/c1-6-5-8(9(12-6)11(17)18)13-10(16)7-3-4-15(2)14-7/h3-5,12H,1-2H3,(H,13,16)(H,17,18). The smallest absolute Gasteiger partial charge is 0.354 e. The van der Waals surface area contributed by atoms with Gasteiger partial charge in [0.15, 0.2) is 5.69 Å². The van der Waals surface area contributed by atoms with Gasteiger partial charge in [-0.2, -0.15) is 5.10 Å². The number of carboxylic acid groups (broad SMARTS) is 1. The van der Waals surface area contributed by atoms with Gasteiger partial charge in [0, 0.05) is 18.9 Å². The quantitative estimate of drug-likeness (QED) is 0.754. The lowest BCUT2D eigenvalue weighted by Crippen LogP contribution is -2.15. The number of carbonyl (C=O) groups is 2. The molecular formula is C11H12N4O3. The predicted octanol–water partition coefficient (Wildman–Crippen LogP) is 1.01. The molecule has 18 heavy (non-hydrogen) atoms. The number of aryl methyl sites for hydroxylation is 2. The van der Waals surface area contributed by atoms with E-state index in [4.69, 9.17) is 5.11 Å². The van der Waals surface area contributed by atoms with Crippen LogP contribution in [0.3, 0.4) is 0 Å². The summed E-state index contributed by atoms with van der Waals surface area (Å²) in [5, 5.41) is 15.4. The molecule has 2 rings (SSSR count).